The molecule has 1 fully saturated rings. The summed E-state index contributed by atoms with van der Waals surface area (Å²) in [6.45, 7) is 4.55. The number of nitrogens with two attached hydrogens (primary N) is 1. The SMILES string of the molecule is CN=C(NCCc1ccc(OCC(N)=O)cc1)N1CCN(c2ccccc2)CC1. The maximum atomic E-state index is 10.8. The second-order valence-corrected chi connectivity index (χ2v) is 6.93. The van der Waals surface area contributed by atoms with Crippen LogP contribution in [0.4, 0.5) is 5.69 Å². The molecule has 3 N–H and O–H groups in total. The Bertz CT molecular complexity index is 800. The number of para-hydroxylation sites is 1. The highest BCUT2D eigenvalue weighted by Gasteiger charge is 2.19. The molecule has 29 heavy (non-hydrogen) atoms. The van der Waals surface area contributed by atoms with E-state index in [1.54, 1.807) is 0 Å². The Kier molecular flexibility index (Phi) is 7.33. The van der Waals surface area contributed by atoms with Gasteiger partial charge in [-0.05, 0) is 36.2 Å². The molecule has 7 nitrogen and oxygen atoms in total. The number of nitrogens with one attached hydrogen (secondary N) is 1. The Labute approximate surface area is 172 Å². The second-order valence-electron chi connectivity index (χ2n) is 6.93. The summed E-state index contributed by atoms with van der Waals surface area (Å²) in [5.74, 6) is 1.11. The van der Waals surface area contributed by atoms with Gasteiger partial charge in [0.2, 0.25) is 0 Å². The van der Waals surface area contributed by atoms with Gasteiger partial charge in [0.15, 0.2) is 12.6 Å². The topological polar surface area (TPSA) is 83.2 Å². The normalized spacial score (nSPS) is 14.6. The molecule has 2 aromatic rings. The second kappa shape index (κ2) is 10.4. The highest BCUT2D eigenvalue weighted by molar-refractivity contribution is 5.80. The molecule has 0 atom stereocenters. The van der Waals surface area contributed by atoms with Crippen LogP contribution in [-0.4, -0.2) is 63.1 Å². The van der Waals surface area contributed by atoms with Crippen LogP contribution in [0.5, 0.6) is 5.75 Å². The molecular formula is C22H29N5O2. The number of hydrogen-bond donors (Lipinski definition) is 2. The van der Waals surface area contributed by atoms with Gasteiger partial charge in [-0.2, -0.15) is 0 Å². The molecule has 0 radical (unpaired) electrons. The Balaban J connectivity index is 1.42. The van der Waals surface area contributed by atoms with E-state index in [9.17, 15) is 4.79 Å². The first kappa shape index (κ1) is 20.5. The van der Waals surface area contributed by atoms with Crippen LogP contribution in [0, 0.1) is 0 Å². The monoisotopic (exact) mass is 395 g/mol. The summed E-state index contributed by atoms with van der Waals surface area (Å²) < 4.78 is 5.28. The van der Waals surface area contributed by atoms with Gasteiger partial charge in [0.25, 0.3) is 5.91 Å². The number of amides is 1. The molecule has 7 heteroatoms. The average molecular weight is 396 g/mol. The highest BCUT2D eigenvalue weighted by atomic mass is 16.5. The summed E-state index contributed by atoms with van der Waals surface area (Å²) in [7, 11) is 1.83. The van der Waals surface area contributed by atoms with E-state index in [0.717, 1.165) is 45.1 Å². The van der Waals surface area contributed by atoms with Gasteiger partial charge in [-0.15, -0.1) is 0 Å². The van der Waals surface area contributed by atoms with Crippen LogP contribution < -0.4 is 20.7 Å². The first-order valence-electron chi connectivity index (χ1n) is 9.91. The first-order valence-corrected chi connectivity index (χ1v) is 9.91. The van der Waals surface area contributed by atoms with Crippen LogP contribution >= 0.6 is 0 Å². The van der Waals surface area contributed by atoms with Crippen molar-refractivity contribution < 1.29 is 9.53 Å². The third-order valence-corrected chi connectivity index (χ3v) is 4.91. The minimum absolute atomic E-state index is 0.102. The van der Waals surface area contributed by atoms with Gasteiger partial charge in [-0.1, -0.05) is 30.3 Å². The molecule has 154 valence electrons. The molecule has 1 heterocycles. The van der Waals surface area contributed by atoms with Crippen LogP contribution in [0.3, 0.4) is 0 Å². The molecule has 1 amide bonds. The number of benzene rings is 2. The van der Waals surface area contributed by atoms with Crippen molar-refractivity contribution in [3.63, 3.8) is 0 Å². The first-order chi connectivity index (χ1) is 14.2. The van der Waals surface area contributed by atoms with Crippen LogP contribution in [0.25, 0.3) is 0 Å². The predicted octanol–water partition coefficient (Wildman–Crippen LogP) is 1.49. The van der Waals surface area contributed by atoms with Crippen LogP contribution in [0.2, 0.25) is 0 Å². The van der Waals surface area contributed by atoms with E-state index in [1.807, 2.05) is 37.4 Å². The van der Waals surface area contributed by atoms with Gasteiger partial charge in [0, 0.05) is 45.5 Å². The summed E-state index contributed by atoms with van der Waals surface area (Å²) in [5.41, 5.74) is 7.55. The average Bonchev–Trinajstić information content (AvgIpc) is 2.77. The number of rotatable bonds is 7. The van der Waals surface area contributed by atoms with Crippen molar-refractivity contribution >= 4 is 17.6 Å². The molecule has 0 aliphatic carbocycles. The molecule has 0 spiro atoms. The zero-order valence-electron chi connectivity index (χ0n) is 16.9. The van der Waals surface area contributed by atoms with E-state index in [1.165, 1.54) is 11.3 Å². The molecule has 3 rings (SSSR count). The van der Waals surface area contributed by atoms with Gasteiger partial charge in [-0.25, -0.2) is 0 Å². The number of guanidine groups is 1. The lowest BCUT2D eigenvalue weighted by Crippen LogP contribution is -2.52. The number of hydrogen-bond acceptors (Lipinski definition) is 4. The zero-order valence-corrected chi connectivity index (χ0v) is 16.9. The van der Waals surface area contributed by atoms with Crippen molar-refractivity contribution in [2.45, 2.75) is 6.42 Å². The Hall–Kier alpha value is -3.22. The molecule has 0 bridgehead atoms. The molecule has 1 aliphatic rings. The fourth-order valence-corrected chi connectivity index (χ4v) is 3.37. The number of primary amides is 1. The van der Waals surface area contributed by atoms with Gasteiger partial charge in [0.1, 0.15) is 5.75 Å². The Morgan fingerprint density at radius 2 is 1.76 bits per heavy atom. The third-order valence-electron chi connectivity index (χ3n) is 4.91. The number of ether oxygens (including phenoxy) is 1. The number of nitrogens with zero attached hydrogens (tertiary/aromatic N) is 3. The molecule has 0 unspecified atom stereocenters. The zero-order chi connectivity index (χ0) is 20.5. The van der Waals surface area contributed by atoms with Gasteiger partial charge < -0.3 is 25.6 Å². The van der Waals surface area contributed by atoms with Crippen LogP contribution in [0.15, 0.2) is 59.6 Å². The summed E-state index contributed by atoms with van der Waals surface area (Å²) in [6, 6.07) is 18.2. The maximum Gasteiger partial charge on any atom is 0.255 e. The lowest BCUT2D eigenvalue weighted by molar-refractivity contribution is -0.119. The lowest BCUT2D eigenvalue weighted by Gasteiger charge is -2.37. The van der Waals surface area contributed by atoms with Crippen molar-refractivity contribution in [3.8, 4) is 5.75 Å². The molecule has 1 saturated heterocycles. The molecule has 0 saturated carbocycles. The molecule has 0 aromatic heterocycles. The number of carbonyl (C=O) groups is 1. The van der Waals surface area contributed by atoms with E-state index in [-0.39, 0.29) is 6.61 Å². The summed E-state index contributed by atoms with van der Waals surface area (Å²) in [5, 5.41) is 3.46. The van der Waals surface area contributed by atoms with Crippen molar-refractivity contribution in [1.29, 1.82) is 0 Å². The Morgan fingerprint density at radius 3 is 2.38 bits per heavy atom. The lowest BCUT2D eigenvalue weighted by atomic mass is 10.1. The van der Waals surface area contributed by atoms with E-state index < -0.39 is 5.91 Å². The van der Waals surface area contributed by atoms with Crippen molar-refractivity contribution in [2.75, 3.05) is 51.3 Å². The van der Waals surface area contributed by atoms with Crippen LogP contribution in [-0.2, 0) is 11.2 Å². The molecule has 2 aromatic carbocycles. The molecular weight excluding hydrogens is 366 g/mol. The number of anilines is 1. The summed E-state index contributed by atoms with van der Waals surface area (Å²) >= 11 is 0. The van der Waals surface area contributed by atoms with Gasteiger partial charge >= 0.3 is 0 Å². The minimum atomic E-state index is -0.478. The van der Waals surface area contributed by atoms with Crippen molar-refractivity contribution in [1.82, 2.24) is 10.2 Å². The fourth-order valence-electron chi connectivity index (χ4n) is 3.37. The van der Waals surface area contributed by atoms with E-state index in [2.05, 4.69) is 44.4 Å². The number of aliphatic imine (C=N–C) groups is 1. The largest absolute Gasteiger partial charge is 0.484 e. The fraction of sp³-hybridized carbons (Fsp3) is 0.364. The van der Waals surface area contributed by atoms with Crippen LogP contribution in [0.1, 0.15) is 5.56 Å². The Morgan fingerprint density at radius 1 is 1.07 bits per heavy atom. The standard InChI is InChI=1S/C22H29N5O2/c1-24-22(27-15-13-26(14-16-27)19-5-3-2-4-6-19)25-12-11-18-7-9-20(10-8-18)29-17-21(23)28/h2-10H,11-17H2,1H3,(H2,23,28)(H,24,25). The van der Waals surface area contributed by atoms with Gasteiger partial charge in [-0.3, -0.25) is 9.79 Å². The minimum Gasteiger partial charge on any atom is -0.484 e. The predicted molar refractivity (Wildman–Crippen MR) is 116 cm³/mol. The highest BCUT2D eigenvalue weighted by Crippen LogP contribution is 2.16. The number of piperazine rings is 1. The van der Waals surface area contributed by atoms with E-state index in [0.29, 0.717) is 5.75 Å². The van der Waals surface area contributed by atoms with Gasteiger partial charge in [0.05, 0.1) is 0 Å². The maximum absolute atomic E-state index is 10.8. The smallest absolute Gasteiger partial charge is 0.255 e. The molecule has 1 aliphatic heterocycles. The van der Waals surface area contributed by atoms with E-state index >= 15 is 0 Å². The third kappa shape index (κ3) is 6.14. The van der Waals surface area contributed by atoms with Crippen molar-refractivity contribution in [3.05, 3.63) is 60.2 Å². The summed E-state index contributed by atoms with van der Waals surface area (Å²) in [4.78, 5) is 19.9. The quantitative estimate of drug-likeness (QED) is 0.548. The van der Waals surface area contributed by atoms with Crippen molar-refractivity contribution in [2.24, 2.45) is 10.7 Å². The summed E-state index contributed by atoms with van der Waals surface area (Å²) in [6.07, 6.45) is 0.874. The number of carbonyl (C=O) groups excluding carboxylic acids is 1. The van der Waals surface area contributed by atoms with E-state index in [4.69, 9.17) is 10.5 Å².